The molecular formula is C25H26N8O2. The molecule has 1 atom stereocenters. The largest absolute Gasteiger partial charge is 0.338 e. The number of hydrogen-bond acceptors (Lipinski definition) is 7. The van der Waals surface area contributed by atoms with Crippen molar-refractivity contribution in [1.29, 1.82) is 5.26 Å². The van der Waals surface area contributed by atoms with Gasteiger partial charge in [0.2, 0.25) is 11.9 Å². The van der Waals surface area contributed by atoms with Crippen LogP contribution in [0.25, 0.3) is 11.3 Å². The van der Waals surface area contributed by atoms with Gasteiger partial charge in [-0.05, 0) is 44.4 Å². The lowest BCUT2D eigenvalue weighted by Crippen LogP contribution is -2.51. The predicted octanol–water partition coefficient (Wildman–Crippen LogP) is 2.83. The highest BCUT2D eigenvalue weighted by atomic mass is 16.2. The Morgan fingerprint density at radius 3 is 2.60 bits per heavy atom. The van der Waals surface area contributed by atoms with Gasteiger partial charge in [-0.15, -0.1) is 0 Å². The summed E-state index contributed by atoms with van der Waals surface area (Å²) in [7, 11) is 0. The lowest BCUT2D eigenvalue weighted by Gasteiger charge is -2.39. The van der Waals surface area contributed by atoms with E-state index < -0.39 is 6.04 Å². The van der Waals surface area contributed by atoms with Crippen molar-refractivity contribution < 1.29 is 9.59 Å². The van der Waals surface area contributed by atoms with Crippen molar-refractivity contribution in [3.05, 3.63) is 54.0 Å². The average Bonchev–Trinajstić information content (AvgIpc) is 3.59. The summed E-state index contributed by atoms with van der Waals surface area (Å²) in [5.74, 6) is 0.668. The summed E-state index contributed by atoms with van der Waals surface area (Å²) in [6, 6.07) is 8.70. The summed E-state index contributed by atoms with van der Waals surface area (Å²) < 4.78 is 1.88. The normalized spacial score (nSPS) is 16.2. The lowest BCUT2D eigenvalue weighted by molar-refractivity contribution is -0.138. The topological polar surface area (TPSA) is 129 Å². The second-order valence-corrected chi connectivity index (χ2v) is 9.13. The van der Waals surface area contributed by atoms with Gasteiger partial charge in [0.05, 0.1) is 29.7 Å². The van der Waals surface area contributed by atoms with Crippen molar-refractivity contribution >= 4 is 23.5 Å². The van der Waals surface area contributed by atoms with Crippen LogP contribution < -0.4 is 10.6 Å². The molecule has 0 unspecified atom stereocenters. The molecule has 10 heteroatoms. The van der Waals surface area contributed by atoms with Gasteiger partial charge in [-0.2, -0.15) is 10.4 Å². The summed E-state index contributed by atoms with van der Waals surface area (Å²) >= 11 is 0. The van der Waals surface area contributed by atoms with Crippen molar-refractivity contribution in [2.75, 3.05) is 18.4 Å². The van der Waals surface area contributed by atoms with Crippen LogP contribution in [0.4, 0.5) is 11.6 Å². The molecule has 1 saturated carbocycles. The maximum atomic E-state index is 12.2. The van der Waals surface area contributed by atoms with Crippen LogP contribution in [0.15, 0.2) is 42.9 Å². The number of aromatic nitrogens is 4. The van der Waals surface area contributed by atoms with Crippen LogP contribution >= 0.6 is 0 Å². The van der Waals surface area contributed by atoms with E-state index in [1.165, 1.54) is 0 Å². The fourth-order valence-electron chi connectivity index (χ4n) is 4.01. The van der Waals surface area contributed by atoms with E-state index in [0.29, 0.717) is 24.6 Å². The van der Waals surface area contributed by atoms with E-state index >= 15 is 0 Å². The minimum Gasteiger partial charge on any atom is -0.338 e. The lowest BCUT2D eigenvalue weighted by atomic mass is 10.1. The van der Waals surface area contributed by atoms with Crippen LogP contribution in [-0.4, -0.2) is 55.6 Å². The molecular weight excluding hydrogens is 444 g/mol. The molecule has 3 heterocycles. The minimum absolute atomic E-state index is 0.189. The number of anilines is 2. The zero-order chi connectivity index (χ0) is 24.5. The summed E-state index contributed by atoms with van der Waals surface area (Å²) in [6.45, 7) is 4.96. The average molecular weight is 471 g/mol. The van der Waals surface area contributed by atoms with Gasteiger partial charge in [-0.25, -0.2) is 9.97 Å². The predicted molar refractivity (Wildman–Crippen MR) is 129 cm³/mol. The Bertz CT molecular complexity index is 1300. The first-order chi connectivity index (χ1) is 16.9. The molecule has 0 radical (unpaired) electrons. The Kier molecular flexibility index (Phi) is 5.91. The van der Waals surface area contributed by atoms with E-state index in [2.05, 4.69) is 25.7 Å². The molecule has 1 aromatic carbocycles. The van der Waals surface area contributed by atoms with E-state index in [9.17, 15) is 9.59 Å². The van der Waals surface area contributed by atoms with Gasteiger partial charge in [0, 0.05) is 42.5 Å². The maximum Gasteiger partial charge on any atom is 0.252 e. The fraction of sp³-hybridized carbons (Fsp3) is 0.360. The van der Waals surface area contributed by atoms with Gasteiger partial charge < -0.3 is 15.5 Å². The molecule has 2 N–H and O–H groups in total. The third-order valence-corrected chi connectivity index (χ3v) is 6.27. The summed E-state index contributed by atoms with van der Waals surface area (Å²) in [4.78, 5) is 35.3. The zero-order valence-corrected chi connectivity index (χ0v) is 19.6. The van der Waals surface area contributed by atoms with Crippen LogP contribution in [0.5, 0.6) is 0 Å². The number of benzene rings is 1. The number of nitrogens with one attached hydrogen (secondary N) is 2. The molecule has 0 bridgehead atoms. The Hall–Kier alpha value is -4.26. The highest BCUT2D eigenvalue weighted by Crippen LogP contribution is 2.34. The molecule has 3 aromatic rings. The second kappa shape index (κ2) is 9.18. The first kappa shape index (κ1) is 22.5. The number of carbonyl (C=O) groups is 2. The van der Waals surface area contributed by atoms with Crippen LogP contribution in [0.2, 0.25) is 0 Å². The molecule has 178 valence electrons. The van der Waals surface area contributed by atoms with Gasteiger partial charge >= 0.3 is 0 Å². The number of amides is 2. The van der Waals surface area contributed by atoms with E-state index in [-0.39, 0.29) is 23.8 Å². The van der Waals surface area contributed by atoms with E-state index in [0.717, 1.165) is 35.3 Å². The molecule has 35 heavy (non-hydrogen) atoms. The molecule has 1 aliphatic carbocycles. The SMILES string of the molecule is Cc1cnc(Nc2cnn(C3CN(C(=O)C4CC4)C3)c2)nc1-c1ccc(C(=O)N[C@@H](C)C#N)cc1. The van der Waals surface area contributed by atoms with Gasteiger partial charge in [-0.1, -0.05) is 12.1 Å². The van der Waals surface area contributed by atoms with Crippen LogP contribution in [0.3, 0.4) is 0 Å². The van der Waals surface area contributed by atoms with Crippen molar-refractivity contribution in [2.24, 2.45) is 5.92 Å². The molecule has 10 nitrogen and oxygen atoms in total. The molecule has 2 fully saturated rings. The van der Waals surface area contributed by atoms with Crippen LogP contribution in [-0.2, 0) is 4.79 Å². The number of carbonyl (C=O) groups excluding carboxylic acids is 2. The number of nitriles is 1. The van der Waals surface area contributed by atoms with Crippen LogP contribution in [0, 0.1) is 24.2 Å². The minimum atomic E-state index is -0.558. The molecule has 2 aromatic heterocycles. The van der Waals surface area contributed by atoms with Crippen molar-refractivity contribution in [1.82, 2.24) is 30.0 Å². The van der Waals surface area contributed by atoms with Gasteiger partial charge in [0.1, 0.15) is 6.04 Å². The first-order valence-corrected chi connectivity index (χ1v) is 11.7. The molecule has 1 aliphatic heterocycles. The third kappa shape index (κ3) is 4.84. The number of aryl methyl sites for hydroxylation is 1. The molecule has 5 rings (SSSR count). The second-order valence-electron chi connectivity index (χ2n) is 9.13. The molecule has 0 spiro atoms. The number of hydrogen-bond donors (Lipinski definition) is 2. The van der Waals surface area contributed by atoms with Crippen molar-refractivity contribution in [2.45, 2.75) is 38.8 Å². The summed E-state index contributed by atoms with van der Waals surface area (Å²) in [6.07, 6.45) is 7.43. The molecule has 2 aliphatic rings. The maximum absolute atomic E-state index is 12.2. The quantitative estimate of drug-likeness (QED) is 0.543. The Balaban J connectivity index is 1.24. The summed E-state index contributed by atoms with van der Waals surface area (Å²) in [5.41, 5.74) is 3.74. The smallest absolute Gasteiger partial charge is 0.252 e. The van der Waals surface area contributed by atoms with E-state index in [1.807, 2.05) is 40.9 Å². The van der Waals surface area contributed by atoms with Crippen molar-refractivity contribution in [3.8, 4) is 17.3 Å². The number of nitrogens with zero attached hydrogens (tertiary/aromatic N) is 6. The van der Waals surface area contributed by atoms with Crippen LogP contribution in [0.1, 0.15) is 41.7 Å². The fourth-order valence-corrected chi connectivity index (χ4v) is 4.01. The van der Waals surface area contributed by atoms with E-state index in [4.69, 9.17) is 5.26 Å². The Morgan fingerprint density at radius 2 is 1.91 bits per heavy atom. The molecule has 2 amide bonds. The standard InChI is InChI=1S/C25H26N8O2/c1-15-10-27-25(31-22(15)17-3-5-18(6-4-17)23(34)29-16(2)9-26)30-20-11-28-33(12-20)21-13-32(14-21)24(35)19-7-8-19/h3-6,10-12,16,19,21H,7-8,13-14H2,1-2H3,(H,29,34)(H,27,30,31)/t16-/m0/s1. The highest BCUT2D eigenvalue weighted by molar-refractivity contribution is 5.95. The number of rotatable bonds is 7. The van der Waals surface area contributed by atoms with Gasteiger partial charge in [-0.3, -0.25) is 14.3 Å². The van der Waals surface area contributed by atoms with Gasteiger partial charge in [0.25, 0.3) is 5.91 Å². The van der Waals surface area contributed by atoms with Gasteiger partial charge in [0.15, 0.2) is 0 Å². The molecule has 1 saturated heterocycles. The zero-order valence-electron chi connectivity index (χ0n) is 19.6. The monoisotopic (exact) mass is 470 g/mol. The Labute approximate surface area is 203 Å². The Morgan fingerprint density at radius 1 is 1.17 bits per heavy atom. The number of likely N-dealkylation sites (tertiary alicyclic amines) is 1. The highest BCUT2D eigenvalue weighted by Gasteiger charge is 2.40. The summed E-state index contributed by atoms with van der Waals surface area (Å²) in [5, 5.41) is 19.1. The first-order valence-electron chi connectivity index (χ1n) is 11.7. The third-order valence-electron chi connectivity index (χ3n) is 6.27. The van der Waals surface area contributed by atoms with E-state index in [1.54, 1.807) is 31.5 Å². The van der Waals surface area contributed by atoms with Crippen molar-refractivity contribution in [3.63, 3.8) is 0 Å².